The second kappa shape index (κ2) is 20.5. The zero-order valence-electron chi connectivity index (χ0n) is 47.5. The Labute approximate surface area is 414 Å². The smallest absolute Gasteiger partial charge is 0.0302 e. The molecular weight excluding hydrogens is 825 g/mol. The molecule has 0 bridgehead atoms. The van der Waals surface area contributed by atoms with Gasteiger partial charge in [0.1, 0.15) is 0 Å². The second-order valence-corrected chi connectivity index (χ2v) is 31.5. The molecule has 0 amide bonds. The van der Waals surface area contributed by atoms with Crippen molar-refractivity contribution in [2.24, 2.45) is 0 Å². The summed E-state index contributed by atoms with van der Waals surface area (Å²) in [7, 11) is -2.16. The molecule has 0 saturated carbocycles. The maximum atomic E-state index is 3.02. The van der Waals surface area contributed by atoms with E-state index in [9.17, 15) is 0 Å². The highest BCUT2D eigenvalue weighted by atomic mass is 28.9. The molecule has 0 heterocycles. The minimum Gasteiger partial charge on any atom is -0.0654 e. The van der Waals surface area contributed by atoms with E-state index in [0.29, 0.717) is 0 Å². The minimum atomic E-state index is -1.08. The van der Waals surface area contributed by atoms with Gasteiger partial charge in [0, 0.05) is 15.8 Å². The van der Waals surface area contributed by atoms with E-state index in [2.05, 4.69) is 147 Å². The van der Waals surface area contributed by atoms with E-state index in [0.717, 1.165) is 0 Å². The van der Waals surface area contributed by atoms with Crippen molar-refractivity contribution >= 4 is 26.2 Å². The summed E-state index contributed by atoms with van der Waals surface area (Å²) in [6.45, 7) is 46.9. The molecule has 372 valence electrons. The van der Waals surface area contributed by atoms with Gasteiger partial charge in [-0.3, -0.25) is 0 Å². The highest BCUT2D eigenvalue weighted by molar-refractivity contribution is 7.09. The maximum Gasteiger partial charge on any atom is 0.0302 e. The number of fused-ring (bicyclic) bond motifs is 4. The van der Waals surface area contributed by atoms with Crippen LogP contribution in [0.5, 0.6) is 0 Å². The molecule has 0 radical (unpaired) electrons. The third kappa shape index (κ3) is 7.52. The Bertz CT molecular complexity index is 1760. The van der Waals surface area contributed by atoms with Gasteiger partial charge >= 0.3 is 0 Å². The molecule has 6 rings (SSSR count). The van der Waals surface area contributed by atoms with Gasteiger partial charge in [-0.15, -0.1) is 0 Å². The zero-order valence-corrected chi connectivity index (χ0v) is 49.5. The predicted octanol–water partition coefficient (Wildman–Crippen LogP) is 18.5. The van der Waals surface area contributed by atoms with Crippen molar-refractivity contribution in [3.63, 3.8) is 0 Å². The van der Waals surface area contributed by atoms with Gasteiger partial charge in [-0.05, 0) is 239 Å². The topological polar surface area (TPSA) is 0 Å². The summed E-state index contributed by atoms with van der Waals surface area (Å²) >= 11 is 0. The number of hydrogen-bond donors (Lipinski definition) is 0. The molecule has 2 aromatic rings. The molecule has 4 aliphatic carbocycles. The molecular formula is C64H108Si2. The summed E-state index contributed by atoms with van der Waals surface area (Å²) in [6.07, 6.45) is 31.7. The van der Waals surface area contributed by atoms with Gasteiger partial charge in [-0.1, -0.05) is 162 Å². The largest absolute Gasteiger partial charge is 0.0654 e. The lowest BCUT2D eigenvalue weighted by molar-refractivity contribution is 0.278. The van der Waals surface area contributed by atoms with Gasteiger partial charge in [-0.2, -0.15) is 0 Å². The predicted molar refractivity (Wildman–Crippen MR) is 300 cm³/mol. The van der Waals surface area contributed by atoms with Crippen molar-refractivity contribution in [2.75, 3.05) is 0 Å². The first-order valence-corrected chi connectivity index (χ1v) is 34.2. The van der Waals surface area contributed by atoms with E-state index in [1.165, 1.54) is 166 Å². The second-order valence-electron chi connectivity index (χ2n) is 24.0. The van der Waals surface area contributed by atoms with Crippen LogP contribution in [-0.2, 0) is 43.3 Å². The lowest BCUT2D eigenvalue weighted by Gasteiger charge is -2.39. The SMILES string of the molecule is CCCC/[Si](c1c2c(cc3c1C(CC)(CC)CC3(CC)CC)C(CC)(CC)CC2(CC)CC)=[Si](/CCCC)c1c2c(cc3c1C(CC)(CC)CC3(CC)CC)C(CC)(CC)CC2(CC)CC. The Hall–Kier alpha value is -1.13. The first-order valence-electron chi connectivity index (χ1n) is 29.8. The van der Waals surface area contributed by atoms with Gasteiger partial charge in [0.15, 0.2) is 0 Å². The molecule has 2 aromatic carbocycles. The highest BCUT2D eigenvalue weighted by Crippen LogP contribution is 2.64. The number of hydrogen-bond acceptors (Lipinski definition) is 0. The number of benzene rings is 2. The standard InChI is InChI=1S/C64H108Si2/c1-19-37-39-65(55-51-47(57(21-3,22-4)43-61(51,29-11)30-12)41-48-52(55)62(31-13,32-14)44-58(48,23-5)24-6)66(40-38-20-2)56-53-49(59(25-7,26-8)45-63(53,33-15)34-16)42-50-54(56)64(35-17,36-18)46-60(50,27-9)28-10/h41-42H,19-40,43-46H2,1-18H3/b66-65+. The lowest BCUT2D eigenvalue weighted by Crippen LogP contribution is -2.50. The van der Waals surface area contributed by atoms with Crippen molar-refractivity contribution in [3.05, 3.63) is 56.6 Å². The molecule has 66 heavy (non-hydrogen) atoms. The first-order chi connectivity index (χ1) is 31.6. The van der Waals surface area contributed by atoms with E-state index < -0.39 is 15.8 Å². The highest BCUT2D eigenvalue weighted by Gasteiger charge is 2.59. The fourth-order valence-corrected chi connectivity index (χ4v) is 29.8. The first kappa shape index (κ1) is 54.2. The van der Waals surface area contributed by atoms with Crippen molar-refractivity contribution in [2.45, 2.75) is 334 Å². The third-order valence-electron chi connectivity index (χ3n) is 23.1. The molecule has 0 aromatic heterocycles. The van der Waals surface area contributed by atoms with Gasteiger partial charge in [0.2, 0.25) is 0 Å². The van der Waals surface area contributed by atoms with E-state index in [1.54, 1.807) is 0 Å². The lowest BCUT2D eigenvalue weighted by atomic mass is 9.70. The molecule has 0 fully saturated rings. The van der Waals surface area contributed by atoms with Crippen LogP contribution in [0.2, 0.25) is 12.1 Å². The van der Waals surface area contributed by atoms with Gasteiger partial charge < -0.3 is 0 Å². The van der Waals surface area contributed by atoms with Crippen LogP contribution in [0.1, 0.15) is 323 Å². The van der Waals surface area contributed by atoms with Crippen molar-refractivity contribution in [3.8, 4) is 0 Å². The quantitative estimate of drug-likeness (QED) is 0.0920. The van der Waals surface area contributed by atoms with Crippen LogP contribution in [0.15, 0.2) is 12.1 Å². The van der Waals surface area contributed by atoms with Crippen molar-refractivity contribution in [1.29, 1.82) is 0 Å². The van der Waals surface area contributed by atoms with Crippen molar-refractivity contribution in [1.82, 2.24) is 0 Å². The molecule has 0 N–H and O–H groups in total. The molecule has 0 unspecified atom stereocenters. The molecule has 4 aliphatic rings. The Balaban J connectivity index is 2.07. The monoisotopic (exact) mass is 933 g/mol. The van der Waals surface area contributed by atoms with Gasteiger partial charge in [0.25, 0.3) is 0 Å². The van der Waals surface area contributed by atoms with Crippen LogP contribution in [-0.4, -0.2) is 15.8 Å². The van der Waals surface area contributed by atoms with Crippen LogP contribution in [0.3, 0.4) is 0 Å². The summed E-state index contributed by atoms with van der Waals surface area (Å²) in [6, 6.07) is 9.02. The Kier molecular flexibility index (Phi) is 16.9. The van der Waals surface area contributed by atoms with Crippen LogP contribution < -0.4 is 10.4 Å². The molecule has 0 spiro atoms. The fourth-order valence-electron chi connectivity index (χ4n) is 17.7. The average Bonchev–Trinajstić information content (AvgIpc) is 4.04. The summed E-state index contributed by atoms with van der Waals surface area (Å²) in [5, 5.41) is 4.25. The maximum absolute atomic E-state index is 3.02. The van der Waals surface area contributed by atoms with Crippen LogP contribution in [0, 0.1) is 0 Å². The van der Waals surface area contributed by atoms with Gasteiger partial charge in [0.05, 0.1) is 0 Å². The summed E-state index contributed by atoms with van der Waals surface area (Å²) in [4.78, 5) is 0. The van der Waals surface area contributed by atoms with E-state index in [1.807, 2.05) is 44.5 Å². The van der Waals surface area contributed by atoms with Crippen LogP contribution in [0.25, 0.3) is 0 Å². The molecule has 0 aliphatic heterocycles. The minimum absolute atomic E-state index is 0.273. The van der Waals surface area contributed by atoms with E-state index in [4.69, 9.17) is 0 Å². The Morgan fingerprint density at radius 1 is 0.288 bits per heavy atom. The average molecular weight is 934 g/mol. The summed E-state index contributed by atoms with van der Waals surface area (Å²) in [5.41, 5.74) is 17.8. The molecule has 0 saturated heterocycles. The third-order valence-corrected chi connectivity index (χ3v) is 33.0. The normalized spacial score (nSPS) is 22.0. The zero-order chi connectivity index (χ0) is 48.7. The Morgan fingerprint density at radius 2 is 0.470 bits per heavy atom. The van der Waals surface area contributed by atoms with Crippen LogP contribution >= 0.6 is 0 Å². The molecule has 0 atom stereocenters. The molecule has 0 nitrogen and oxygen atoms in total. The van der Waals surface area contributed by atoms with Gasteiger partial charge in [-0.25, -0.2) is 0 Å². The van der Waals surface area contributed by atoms with Crippen LogP contribution in [0.4, 0.5) is 0 Å². The molecule has 2 heteroatoms. The van der Waals surface area contributed by atoms with E-state index in [-0.39, 0.29) is 43.3 Å². The summed E-state index contributed by atoms with van der Waals surface area (Å²) < 4.78 is 0. The number of unbranched alkanes of at least 4 members (excludes halogenated alkanes) is 2. The van der Waals surface area contributed by atoms with Crippen molar-refractivity contribution < 1.29 is 0 Å². The fraction of sp³-hybridized carbons (Fsp3) is 0.812. The summed E-state index contributed by atoms with van der Waals surface area (Å²) in [5.74, 6) is 0. The van der Waals surface area contributed by atoms with E-state index >= 15 is 0 Å². The number of rotatable bonds is 24. The Morgan fingerprint density at radius 3 is 0.621 bits per heavy atom.